The van der Waals surface area contributed by atoms with Gasteiger partial charge in [0.05, 0.1) is 26.9 Å². The van der Waals surface area contributed by atoms with E-state index in [1.54, 1.807) is 31.2 Å². The molecular formula is C24H19N3O3S2. The Morgan fingerprint density at radius 3 is 2.31 bits per heavy atom. The minimum absolute atomic E-state index is 0.0771. The molecule has 1 heterocycles. The first-order chi connectivity index (χ1) is 15.5. The second kappa shape index (κ2) is 8.91. The molecule has 0 spiro atoms. The molecule has 0 amide bonds. The quantitative estimate of drug-likeness (QED) is 0.361. The number of carbonyl (C=O) groups excluding carboxylic acids is 1. The topological polar surface area (TPSA) is 91.1 Å². The third-order valence-corrected chi connectivity index (χ3v) is 8.03. The van der Waals surface area contributed by atoms with Gasteiger partial charge in [-0.05, 0) is 55.5 Å². The molecule has 0 saturated heterocycles. The van der Waals surface area contributed by atoms with Crippen molar-refractivity contribution in [1.82, 2.24) is 4.98 Å². The predicted octanol–water partition coefficient (Wildman–Crippen LogP) is 5.00. The van der Waals surface area contributed by atoms with E-state index in [1.165, 1.54) is 39.9 Å². The molecule has 0 radical (unpaired) electrons. The summed E-state index contributed by atoms with van der Waals surface area (Å²) in [5, 5.41) is 10.1. The van der Waals surface area contributed by atoms with Crippen LogP contribution >= 0.6 is 11.3 Å². The van der Waals surface area contributed by atoms with E-state index in [-0.39, 0.29) is 17.0 Å². The fourth-order valence-corrected chi connectivity index (χ4v) is 5.90. The summed E-state index contributed by atoms with van der Waals surface area (Å²) in [7, 11) is -3.80. The summed E-state index contributed by atoms with van der Waals surface area (Å²) in [6.07, 6.45) is 0. The first-order valence-corrected chi connectivity index (χ1v) is 12.2. The van der Waals surface area contributed by atoms with Crippen LogP contribution in [0.5, 0.6) is 0 Å². The zero-order valence-corrected chi connectivity index (χ0v) is 18.8. The van der Waals surface area contributed by atoms with Crippen LogP contribution in [0.3, 0.4) is 0 Å². The van der Waals surface area contributed by atoms with Gasteiger partial charge in [0, 0.05) is 12.1 Å². The Morgan fingerprint density at radius 2 is 1.69 bits per heavy atom. The molecule has 3 aromatic carbocycles. The molecule has 0 aliphatic rings. The largest absolute Gasteiger partial charge is 0.292 e. The molecule has 4 rings (SSSR count). The number of nitrogens with zero attached hydrogens (tertiary/aromatic N) is 3. The fourth-order valence-electron chi connectivity index (χ4n) is 3.41. The van der Waals surface area contributed by atoms with Gasteiger partial charge in [-0.25, -0.2) is 13.4 Å². The lowest BCUT2D eigenvalue weighted by Gasteiger charge is -2.23. The van der Waals surface area contributed by atoms with Crippen molar-refractivity contribution in [2.24, 2.45) is 0 Å². The standard InChI is InChI=1S/C24H19N3O3S2/c1-2-27(18-8-4-3-5-9-18)32(29,30)19-14-12-17(13-15-19)23(28)20(16-25)24-26-21-10-6-7-11-22(21)31-24/h3-15,20H,2H2,1H3/t20-/m1/s1. The lowest BCUT2D eigenvalue weighted by molar-refractivity contribution is 0.0978. The second-order valence-corrected chi connectivity index (χ2v) is 9.90. The molecule has 0 aliphatic carbocycles. The number of rotatable bonds is 7. The highest BCUT2D eigenvalue weighted by molar-refractivity contribution is 7.92. The summed E-state index contributed by atoms with van der Waals surface area (Å²) in [6.45, 7) is 2.03. The van der Waals surface area contributed by atoms with E-state index in [2.05, 4.69) is 4.98 Å². The maximum absolute atomic E-state index is 13.1. The zero-order valence-electron chi connectivity index (χ0n) is 17.2. The highest BCUT2D eigenvalue weighted by atomic mass is 32.2. The van der Waals surface area contributed by atoms with Crippen molar-refractivity contribution >= 4 is 43.0 Å². The number of para-hydroxylation sites is 2. The minimum atomic E-state index is -3.80. The van der Waals surface area contributed by atoms with E-state index in [1.807, 2.05) is 36.4 Å². The van der Waals surface area contributed by atoms with Gasteiger partial charge in [-0.3, -0.25) is 9.10 Å². The Labute approximate surface area is 190 Å². The SMILES string of the molecule is CCN(c1ccccc1)S(=O)(=O)c1ccc(C(=O)[C@@H](C#N)c2nc3ccccc3s2)cc1. The van der Waals surface area contributed by atoms with Gasteiger partial charge in [-0.15, -0.1) is 11.3 Å². The summed E-state index contributed by atoms with van der Waals surface area (Å²) >= 11 is 1.31. The van der Waals surface area contributed by atoms with E-state index >= 15 is 0 Å². The van der Waals surface area contributed by atoms with Gasteiger partial charge in [0.1, 0.15) is 5.01 Å². The van der Waals surface area contributed by atoms with Gasteiger partial charge in [0.2, 0.25) is 0 Å². The van der Waals surface area contributed by atoms with E-state index in [0.717, 1.165) is 10.2 Å². The van der Waals surface area contributed by atoms with Crippen molar-refractivity contribution in [3.63, 3.8) is 0 Å². The van der Waals surface area contributed by atoms with Crippen LogP contribution < -0.4 is 4.31 Å². The zero-order chi connectivity index (χ0) is 22.7. The molecule has 0 unspecified atom stereocenters. The summed E-state index contributed by atoms with van der Waals surface area (Å²) in [6, 6.07) is 24.0. The molecular weight excluding hydrogens is 442 g/mol. The lowest BCUT2D eigenvalue weighted by atomic mass is 9.99. The Bertz CT molecular complexity index is 1370. The number of nitriles is 1. The van der Waals surface area contributed by atoms with Crippen LogP contribution in [0.15, 0.2) is 83.8 Å². The molecule has 6 nitrogen and oxygen atoms in total. The van der Waals surface area contributed by atoms with E-state index in [0.29, 0.717) is 10.7 Å². The van der Waals surface area contributed by atoms with Crippen LogP contribution in [0.4, 0.5) is 5.69 Å². The number of fused-ring (bicyclic) bond motifs is 1. The monoisotopic (exact) mass is 461 g/mol. The first-order valence-electron chi connectivity index (χ1n) is 9.93. The minimum Gasteiger partial charge on any atom is -0.292 e. The Morgan fingerprint density at radius 1 is 1.03 bits per heavy atom. The van der Waals surface area contributed by atoms with Gasteiger partial charge >= 0.3 is 0 Å². The number of carbonyl (C=O) groups is 1. The average Bonchev–Trinajstić information content (AvgIpc) is 3.24. The lowest BCUT2D eigenvalue weighted by Crippen LogP contribution is -2.30. The summed E-state index contributed by atoms with van der Waals surface area (Å²) < 4.78 is 28.5. The number of sulfonamides is 1. The number of hydrogen-bond acceptors (Lipinski definition) is 6. The smallest absolute Gasteiger partial charge is 0.264 e. The van der Waals surface area contributed by atoms with Crippen LogP contribution in [0.1, 0.15) is 28.2 Å². The molecule has 1 aromatic heterocycles. The van der Waals surface area contributed by atoms with Crippen LogP contribution in [0.25, 0.3) is 10.2 Å². The molecule has 0 saturated carbocycles. The highest BCUT2D eigenvalue weighted by Crippen LogP contribution is 2.30. The number of anilines is 1. The summed E-state index contributed by atoms with van der Waals surface area (Å²) in [5.74, 6) is -1.46. The number of Topliss-reactive ketones (excluding diaryl/α,β-unsaturated/α-hetero) is 1. The van der Waals surface area contributed by atoms with Crippen LogP contribution in [-0.2, 0) is 10.0 Å². The number of hydrogen-bond donors (Lipinski definition) is 0. The molecule has 32 heavy (non-hydrogen) atoms. The number of aromatic nitrogens is 1. The number of benzene rings is 3. The summed E-state index contributed by atoms with van der Waals surface area (Å²) in [5.41, 5.74) is 1.57. The first kappa shape index (κ1) is 21.7. The van der Waals surface area contributed by atoms with Crippen molar-refractivity contribution in [2.45, 2.75) is 17.7 Å². The van der Waals surface area contributed by atoms with E-state index in [4.69, 9.17) is 0 Å². The third-order valence-electron chi connectivity index (χ3n) is 5.01. The fraction of sp³-hybridized carbons (Fsp3) is 0.125. The van der Waals surface area contributed by atoms with Gasteiger partial charge in [-0.2, -0.15) is 5.26 Å². The molecule has 0 fully saturated rings. The maximum Gasteiger partial charge on any atom is 0.264 e. The predicted molar refractivity (Wildman–Crippen MR) is 125 cm³/mol. The number of thiazole rings is 1. The van der Waals surface area contributed by atoms with Crippen molar-refractivity contribution in [3.05, 3.63) is 89.4 Å². The summed E-state index contributed by atoms with van der Waals surface area (Å²) in [4.78, 5) is 17.5. The molecule has 0 N–H and O–H groups in total. The van der Waals surface area contributed by atoms with Crippen LogP contribution in [0.2, 0.25) is 0 Å². The molecule has 0 bridgehead atoms. The maximum atomic E-state index is 13.1. The third kappa shape index (κ3) is 4.00. The van der Waals surface area contributed by atoms with Gasteiger partial charge in [0.25, 0.3) is 10.0 Å². The van der Waals surface area contributed by atoms with Crippen molar-refractivity contribution in [3.8, 4) is 6.07 Å². The van der Waals surface area contributed by atoms with Crippen LogP contribution in [-0.4, -0.2) is 25.7 Å². The van der Waals surface area contributed by atoms with E-state index in [9.17, 15) is 18.5 Å². The van der Waals surface area contributed by atoms with Crippen molar-refractivity contribution < 1.29 is 13.2 Å². The number of ketones is 1. The van der Waals surface area contributed by atoms with Gasteiger partial charge < -0.3 is 0 Å². The Hall–Kier alpha value is -3.54. The van der Waals surface area contributed by atoms with Crippen molar-refractivity contribution in [2.75, 3.05) is 10.8 Å². The second-order valence-electron chi connectivity index (χ2n) is 6.98. The Kier molecular flexibility index (Phi) is 6.04. The van der Waals surface area contributed by atoms with Crippen LogP contribution in [0, 0.1) is 11.3 Å². The molecule has 1 atom stereocenters. The normalized spacial score (nSPS) is 12.2. The average molecular weight is 462 g/mol. The van der Waals surface area contributed by atoms with Gasteiger partial charge in [0.15, 0.2) is 11.7 Å². The van der Waals surface area contributed by atoms with Gasteiger partial charge in [-0.1, -0.05) is 30.3 Å². The highest BCUT2D eigenvalue weighted by Gasteiger charge is 2.27. The molecule has 4 aromatic rings. The molecule has 160 valence electrons. The molecule has 0 aliphatic heterocycles. The van der Waals surface area contributed by atoms with E-state index < -0.39 is 21.7 Å². The van der Waals surface area contributed by atoms with Crippen molar-refractivity contribution in [1.29, 1.82) is 5.26 Å². The molecule has 8 heteroatoms. The Balaban J connectivity index is 1.62.